The molecule has 0 saturated heterocycles. The molecule has 1 aliphatic heterocycles. The van der Waals surface area contributed by atoms with Crippen LogP contribution in [0.4, 0.5) is 16.0 Å². The summed E-state index contributed by atoms with van der Waals surface area (Å²) in [5.41, 5.74) is 4.18. The minimum absolute atomic E-state index is 0.145. The number of halogens is 1. The summed E-state index contributed by atoms with van der Waals surface area (Å²) in [5, 5.41) is 15.9. The minimum Gasteiger partial charge on any atom is -0.508 e. The molecule has 0 fully saturated rings. The third-order valence-corrected chi connectivity index (χ3v) is 5.39. The van der Waals surface area contributed by atoms with Crippen LogP contribution in [0.1, 0.15) is 18.5 Å². The fraction of sp³-hybridized carbons (Fsp3) is 0.0833. The van der Waals surface area contributed by atoms with E-state index in [0.717, 1.165) is 16.6 Å². The average Bonchev–Trinajstić information content (AvgIpc) is 3.13. The van der Waals surface area contributed by atoms with Crippen molar-refractivity contribution in [1.82, 2.24) is 9.55 Å². The molecule has 0 saturated carbocycles. The Morgan fingerprint density at radius 3 is 2.52 bits per heavy atom. The van der Waals surface area contributed by atoms with Crippen LogP contribution in [0.25, 0.3) is 11.0 Å². The zero-order valence-electron chi connectivity index (χ0n) is 16.6. The van der Waals surface area contributed by atoms with Crippen LogP contribution in [0.15, 0.2) is 84.1 Å². The highest BCUT2D eigenvalue weighted by molar-refractivity contribution is 6.06. The number of allylic oxidation sites excluding steroid dienone is 1. The zero-order chi connectivity index (χ0) is 21.5. The van der Waals surface area contributed by atoms with Crippen molar-refractivity contribution in [1.29, 1.82) is 0 Å². The number of carbonyl (C=O) groups excluding carboxylic acids is 1. The van der Waals surface area contributed by atoms with E-state index in [4.69, 9.17) is 0 Å². The highest BCUT2D eigenvalue weighted by atomic mass is 19.1. The standard InChI is InChI=1S/C24H19FN4O2/c1-14-21(23(31)27-17-10-8-16(25)9-11-17)22(15-6-12-18(30)13-7-15)29-20-5-3-2-4-19(20)28-24(29)26-14/h2-13,22,30H,1H3,(H,26,28)(H,27,31). The van der Waals surface area contributed by atoms with Gasteiger partial charge in [-0.2, -0.15) is 0 Å². The van der Waals surface area contributed by atoms with Crippen LogP contribution in [0.3, 0.4) is 0 Å². The van der Waals surface area contributed by atoms with Crippen molar-refractivity contribution in [2.24, 2.45) is 0 Å². The molecule has 0 aliphatic carbocycles. The monoisotopic (exact) mass is 414 g/mol. The Bertz CT molecular complexity index is 1320. The van der Waals surface area contributed by atoms with Gasteiger partial charge in [0.1, 0.15) is 11.6 Å². The minimum atomic E-state index is -0.468. The molecule has 1 unspecified atom stereocenters. The lowest BCUT2D eigenvalue weighted by molar-refractivity contribution is -0.113. The van der Waals surface area contributed by atoms with Gasteiger partial charge in [-0.25, -0.2) is 9.37 Å². The summed E-state index contributed by atoms with van der Waals surface area (Å²) in [4.78, 5) is 18.1. The van der Waals surface area contributed by atoms with Gasteiger partial charge in [0.2, 0.25) is 5.95 Å². The Morgan fingerprint density at radius 2 is 1.77 bits per heavy atom. The topological polar surface area (TPSA) is 79.2 Å². The van der Waals surface area contributed by atoms with Crippen molar-refractivity contribution in [3.63, 3.8) is 0 Å². The zero-order valence-corrected chi connectivity index (χ0v) is 16.6. The number of aromatic hydroxyl groups is 1. The third kappa shape index (κ3) is 3.30. The summed E-state index contributed by atoms with van der Waals surface area (Å²) < 4.78 is 15.3. The summed E-state index contributed by atoms with van der Waals surface area (Å²) in [7, 11) is 0. The summed E-state index contributed by atoms with van der Waals surface area (Å²) >= 11 is 0. The molecule has 2 heterocycles. The summed E-state index contributed by atoms with van der Waals surface area (Å²) in [5.74, 6) is 0.101. The van der Waals surface area contributed by atoms with Gasteiger partial charge in [-0.05, 0) is 61.0 Å². The van der Waals surface area contributed by atoms with Crippen LogP contribution in [-0.2, 0) is 4.79 Å². The largest absolute Gasteiger partial charge is 0.508 e. The van der Waals surface area contributed by atoms with E-state index in [0.29, 0.717) is 22.9 Å². The Labute approximate surface area is 177 Å². The maximum absolute atomic E-state index is 13.4. The molecular weight excluding hydrogens is 395 g/mol. The highest BCUT2D eigenvalue weighted by Gasteiger charge is 2.34. The van der Waals surface area contributed by atoms with Gasteiger partial charge in [0.05, 0.1) is 22.6 Å². The number of rotatable bonds is 3. The van der Waals surface area contributed by atoms with Crippen LogP contribution < -0.4 is 10.6 Å². The first-order chi connectivity index (χ1) is 15.0. The molecule has 1 aliphatic rings. The van der Waals surface area contributed by atoms with Crippen LogP contribution in [-0.4, -0.2) is 20.6 Å². The van der Waals surface area contributed by atoms with Gasteiger partial charge in [0.25, 0.3) is 5.91 Å². The lowest BCUT2D eigenvalue weighted by Gasteiger charge is -2.30. The predicted octanol–water partition coefficient (Wildman–Crippen LogP) is 4.81. The maximum atomic E-state index is 13.4. The summed E-state index contributed by atoms with van der Waals surface area (Å²) in [6, 6.07) is 19.7. The molecular formula is C24H19FN4O2. The number of nitrogens with zero attached hydrogens (tertiary/aromatic N) is 2. The summed E-state index contributed by atoms with van der Waals surface area (Å²) in [6.45, 7) is 1.83. The van der Waals surface area contributed by atoms with Crippen molar-refractivity contribution in [3.8, 4) is 5.75 Å². The van der Waals surface area contributed by atoms with Crippen LogP contribution in [0.5, 0.6) is 5.75 Å². The first-order valence-corrected chi connectivity index (χ1v) is 9.82. The first kappa shape index (κ1) is 18.9. The van der Waals surface area contributed by atoms with Gasteiger partial charge in [0, 0.05) is 11.4 Å². The fourth-order valence-corrected chi connectivity index (χ4v) is 3.96. The van der Waals surface area contributed by atoms with E-state index < -0.39 is 6.04 Å². The van der Waals surface area contributed by atoms with Crippen molar-refractivity contribution in [2.75, 3.05) is 10.6 Å². The van der Waals surface area contributed by atoms with Crippen molar-refractivity contribution in [2.45, 2.75) is 13.0 Å². The molecule has 1 aromatic heterocycles. The van der Waals surface area contributed by atoms with Gasteiger partial charge in [0.15, 0.2) is 0 Å². The normalized spacial score (nSPS) is 15.5. The number of nitrogens with one attached hydrogen (secondary N) is 2. The Balaban J connectivity index is 1.65. The number of hydrogen-bond donors (Lipinski definition) is 3. The molecule has 3 aromatic carbocycles. The van der Waals surface area contributed by atoms with Crippen molar-refractivity contribution in [3.05, 3.63) is 95.4 Å². The van der Waals surface area contributed by atoms with Crippen LogP contribution in [0.2, 0.25) is 0 Å². The Morgan fingerprint density at radius 1 is 1.06 bits per heavy atom. The number of para-hydroxylation sites is 2. The lowest BCUT2D eigenvalue weighted by Crippen LogP contribution is -2.30. The second kappa shape index (κ2) is 7.28. The SMILES string of the molecule is CC1=C(C(=O)Nc2ccc(F)cc2)C(c2ccc(O)cc2)n2c(nc3ccccc32)N1. The van der Waals surface area contributed by atoms with E-state index >= 15 is 0 Å². The molecule has 0 radical (unpaired) electrons. The molecule has 1 atom stereocenters. The van der Waals surface area contributed by atoms with Crippen molar-refractivity contribution < 1.29 is 14.3 Å². The van der Waals surface area contributed by atoms with Gasteiger partial charge < -0.3 is 15.7 Å². The number of hydrogen-bond acceptors (Lipinski definition) is 4. The van der Waals surface area contributed by atoms with E-state index in [-0.39, 0.29) is 17.5 Å². The van der Waals surface area contributed by atoms with E-state index in [2.05, 4.69) is 15.6 Å². The number of carbonyl (C=O) groups is 1. The molecule has 0 spiro atoms. The number of anilines is 2. The number of fused-ring (bicyclic) bond motifs is 3. The van der Waals surface area contributed by atoms with Crippen LogP contribution >= 0.6 is 0 Å². The predicted molar refractivity (Wildman–Crippen MR) is 117 cm³/mol. The first-order valence-electron chi connectivity index (χ1n) is 9.82. The molecule has 3 N–H and O–H groups in total. The molecule has 6 nitrogen and oxygen atoms in total. The van der Waals surface area contributed by atoms with Gasteiger partial charge in [-0.1, -0.05) is 24.3 Å². The molecule has 4 aromatic rings. The van der Waals surface area contributed by atoms with Crippen molar-refractivity contribution >= 4 is 28.6 Å². The number of amides is 1. The molecule has 7 heteroatoms. The number of phenolic OH excluding ortho intramolecular Hbond substituents is 1. The van der Waals surface area contributed by atoms with Gasteiger partial charge >= 0.3 is 0 Å². The second-order valence-corrected chi connectivity index (χ2v) is 7.41. The quantitative estimate of drug-likeness (QED) is 0.450. The third-order valence-electron chi connectivity index (χ3n) is 5.39. The maximum Gasteiger partial charge on any atom is 0.255 e. The van der Waals surface area contributed by atoms with E-state index in [9.17, 15) is 14.3 Å². The fourth-order valence-electron chi connectivity index (χ4n) is 3.96. The van der Waals surface area contributed by atoms with E-state index in [1.807, 2.05) is 35.8 Å². The van der Waals surface area contributed by atoms with Gasteiger partial charge in [-0.15, -0.1) is 0 Å². The number of phenols is 1. The van der Waals surface area contributed by atoms with Crippen LogP contribution in [0, 0.1) is 5.82 Å². The number of aromatic nitrogens is 2. The molecule has 31 heavy (non-hydrogen) atoms. The molecule has 0 bridgehead atoms. The molecule has 5 rings (SSSR count). The average molecular weight is 414 g/mol. The smallest absolute Gasteiger partial charge is 0.255 e. The number of imidazole rings is 1. The van der Waals surface area contributed by atoms with E-state index in [1.165, 1.54) is 24.3 Å². The van der Waals surface area contributed by atoms with Gasteiger partial charge in [-0.3, -0.25) is 9.36 Å². The molecule has 1 amide bonds. The summed E-state index contributed by atoms with van der Waals surface area (Å²) in [6.07, 6.45) is 0. The lowest BCUT2D eigenvalue weighted by atomic mass is 9.94. The molecule has 154 valence electrons. The second-order valence-electron chi connectivity index (χ2n) is 7.41. The Hall–Kier alpha value is -4.13. The highest BCUT2D eigenvalue weighted by Crippen LogP contribution is 2.39. The number of benzene rings is 3. The van der Waals surface area contributed by atoms with E-state index in [1.54, 1.807) is 24.3 Å². The Kier molecular flexibility index (Phi) is 4.43.